The van der Waals surface area contributed by atoms with Gasteiger partial charge in [0.25, 0.3) is 0 Å². The number of nitrogens with one attached hydrogen (secondary N) is 1. The molecule has 0 bridgehead atoms. The van der Waals surface area contributed by atoms with Gasteiger partial charge in [-0.1, -0.05) is 31.5 Å². The molecular weight excluding hydrogens is 378 g/mol. The van der Waals surface area contributed by atoms with Crippen LogP contribution in [0.5, 0.6) is 0 Å². The van der Waals surface area contributed by atoms with Crippen LogP contribution in [-0.2, 0) is 14.3 Å². The van der Waals surface area contributed by atoms with Crippen LogP contribution in [0.3, 0.4) is 0 Å². The third kappa shape index (κ3) is 7.42. The van der Waals surface area contributed by atoms with Crippen molar-refractivity contribution in [2.45, 2.75) is 20.8 Å². The number of benzene rings is 1. The fraction of sp³-hybridized carbons (Fsp3) is 0.550. The highest BCUT2D eigenvalue weighted by Gasteiger charge is 2.25. The molecule has 1 saturated heterocycles. The van der Waals surface area contributed by atoms with Crippen LogP contribution in [-0.4, -0.2) is 72.0 Å². The van der Waals surface area contributed by atoms with E-state index in [0.717, 1.165) is 11.3 Å². The van der Waals surface area contributed by atoms with Gasteiger partial charge in [-0.15, -0.1) is 11.8 Å². The van der Waals surface area contributed by atoms with Crippen molar-refractivity contribution in [1.29, 1.82) is 0 Å². The van der Waals surface area contributed by atoms with E-state index in [-0.39, 0.29) is 29.4 Å². The first-order valence-electron chi connectivity index (χ1n) is 9.49. The number of hydrogen-bond donors (Lipinski definition) is 1. The Morgan fingerprint density at radius 1 is 1.04 bits per heavy atom. The highest BCUT2D eigenvalue weighted by atomic mass is 32.2. The topological polar surface area (TPSA) is 79.0 Å². The van der Waals surface area contributed by atoms with Crippen LogP contribution in [0.4, 0.5) is 10.5 Å². The van der Waals surface area contributed by atoms with Crippen LogP contribution in [0, 0.1) is 12.8 Å². The van der Waals surface area contributed by atoms with Crippen LogP contribution in [0.15, 0.2) is 24.3 Å². The molecule has 8 heteroatoms. The van der Waals surface area contributed by atoms with Gasteiger partial charge in [0.1, 0.15) is 0 Å². The first-order chi connectivity index (χ1) is 13.3. The first-order valence-corrected chi connectivity index (χ1v) is 10.6. The highest BCUT2D eigenvalue weighted by molar-refractivity contribution is 8.00. The quantitative estimate of drug-likeness (QED) is 0.752. The van der Waals surface area contributed by atoms with E-state index in [0.29, 0.717) is 38.7 Å². The monoisotopic (exact) mass is 407 g/mol. The Balaban J connectivity index is 1.64. The van der Waals surface area contributed by atoms with Crippen molar-refractivity contribution in [1.82, 2.24) is 9.80 Å². The average Bonchev–Trinajstić information content (AvgIpc) is 2.68. The summed E-state index contributed by atoms with van der Waals surface area (Å²) >= 11 is 1.30. The minimum atomic E-state index is -0.317. The summed E-state index contributed by atoms with van der Waals surface area (Å²) in [6, 6.07) is 7.58. The smallest absolute Gasteiger partial charge is 0.409 e. The molecule has 1 aliphatic rings. The van der Waals surface area contributed by atoms with Gasteiger partial charge in [-0.3, -0.25) is 9.59 Å². The molecule has 0 aromatic heterocycles. The summed E-state index contributed by atoms with van der Waals surface area (Å²) in [4.78, 5) is 39.6. The Morgan fingerprint density at radius 3 is 2.25 bits per heavy atom. The Kier molecular flexibility index (Phi) is 8.63. The minimum absolute atomic E-state index is 0.0108. The largest absolute Gasteiger partial charge is 0.449 e. The van der Waals surface area contributed by atoms with E-state index in [1.165, 1.54) is 11.8 Å². The fourth-order valence-electron chi connectivity index (χ4n) is 2.62. The molecule has 0 spiro atoms. The molecule has 28 heavy (non-hydrogen) atoms. The SMILES string of the molecule is Cc1ccc(NC(=O)CSCC(=O)N2CCN(C(=O)OCC(C)C)CC2)cc1. The van der Waals surface area contributed by atoms with Gasteiger partial charge in [0, 0.05) is 31.9 Å². The normalized spacial score (nSPS) is 14.1. The van der Waals surface area contributed by atoms with E-state index >= 15 is 0 Å². The lowest BCUT2D eigenvalue weighted by Gasteiger charge is -2.34. The lowest BCUT2D eigenvalue weighted by Crippen LogP contribution is -2.51. The predicted octanol–water partition coefficient (Wildman–Crippen LogP) is 2.60. The summed E-state index contributed by atoms with van der Waals surface area (Å²) < 4.78 is 5.22. The lowest BCUT2D eigenvalue weighted by molar-refractivity contribution is -0.129. The number of nitrogens with zero attached hydrogens (tertiary/aromatic N) is 2. The van der Waals surface area contributed by atoms with E-state index in [9.17, 15) is 14.4 Å². The van der Waals surface area contributed by atoms with Crippen LogP contribution in [0.1, 0.15) is 19.4 Å². The lowest BCUT2D eigenvalue weighted by atomic mass is 10.2. The summed E-state index contributed by atoms with van der Waals surface area (Å²) in [6.07, 6.45) is -0.317. The number of ether oxygens (including phenoxy) is 1. The molecule has 0 atom stereocenters. The van der Waals surface area contributed by atoms with Crippen molar-refractivity contribution in [3.05, 3.63) is 29.8 Å². The summed E-state index contributed by atoms with van der Waals surface area (Å²) in [5.41, 5.74) is 1.88. The Labute approximate surface area is 170 Å². The molecule has 2 rings (SSSR count). The number of anilines is 1. The number of carbonyl (C=O) groups is 3. The summed E-state index contributed by atoms with van der Waals surface area (Å²) in [7, 11) is 0. The summed E-state index contributed by atoms with van der Waals surface area (Å²) in [6.45, 7) is 8.30. The van der Waals surface area contributed by atoms with Crippen molar-refractivity contribution in [3.8, 4) is 0 Å². The molecule has 1 aromatic carbocycles. The van der Waals surface area contributed by atoms with E-state index < -0.39 is 0 Å². The van der Waals surface area contributed by atoms with Crippen molar-refractivity contribution < 1.29 is 19.1 Å². The number of hydrogen-bond acceptors (Lipinski definition) is 5. The summed E-state index contributed by atoms with van der Waals surface area (Å²) in [5, 5.41) is 2.82. The number of aryl methyl sites for hydroxylation is 1. The van der Waals surface area contributed by atoms with Gasteiger partial charge < -0.3 is 19.9 Å². The van der Waals surface area contributed by atoms with Crippen LogP contribution in [0.25, 0.3) is 0 Å². The molecule has 1 aromatic rings. The molecule has 1 aliphatic heterocycles. The highest BCUT2D eigenvalue weighted by Crippen LogP contribution is 2.11. The van der Waals surface area contributed by atoms with Gasteiger partial charge >= 0.3 is 6.09 Å². The Morgan fingerprint density at radius 2 is 1.64 bits per heavy atom. The van der Waals surface area contributed by atoms with Gasteiger partial charge in [0.05, 0.1) is 18.1 Å². The summed E-state index contributed by atoms with van der Waals surface area (Å²) in [5.74, 6) is 0.634. The fourth-order valence-corrected chi connectivity index (χ4v) is 3.34. The standard InChI is InChI=1S/C20H29N3O4S/c1-15(2)12-27-20(26)23-10-8-22(9-11-23)19(25)14-28-13-18(24)21-17-6-4-16(3)5-7-17/h4-7,15H,8-14H2,1-3H3,(H,21,24). The molecule has 154 valence electrons. The molecule has 0 aliphatic carbocycles. The van der Waals surface area contributed by atoms with Crippen molar-refractivity contribution in [2.75, 3.05) is 49.6 Å². The van der Waals surface area contributed by atoms with Gasteiger partial charge in [0.2, 0.25) is 11.8 Å². The van der Waals surface area contributed by atoms with Crippen LogP contribution < -0.4 is 5.32 Å². The second-order valence-corrected chi connectivity index (χ2v) is 8.23. The Bertz CT molecular complexity index is 671. The predicted molar refractivity (Wildman–Crippen MR) is 111 cm³/mol. The molecule has 1 N–H and O–H groups in total. The van der Waals surface area contributed by atoms with Gasteiger partial charge in [-0.25, -0.2) is 4.79 Å². The minimum Gasteiger partial charge on any atom is -0.449 e. The number of amides is 3. The van der Waals surface area contributed by atoms with Crippen molar-refractivity contribution >= 4 is 35.4 Å². The molecule has 0 radical (unpaired) electrons. The Hall–Kier alpha value is -2.22. The van der Waals surface area contributed by atoms with Crippen LogP contribution in [0.2, 0.25) is 0 Å². The van der Waals surface area contributed by atoms with Crippen molar-refractivity contribution in [2.24, 2.45) is 5.92 Å². The van der Waals surface area contributed by atoms with E-state index in [1.807, 2.05) is 45.0 Å². The zero-order valence-electron chi connectivity index (χ0n) is 16.8. The third-order valence-electron chi connectivity index (χ3n) is 4.22. The van der Waals surface area contributed by atoms with Crippen LogP contribution >= 0.6 is 11.8 Å². The van der Waals surface area contributed by atoms with Gasteiger partial charge in [-0.2, -0.15) is 0 Å². The number of rotatable bonds is 7. The molecular formula is C20H29N3O4S. The molecule has 1 fully saturated rings. The molecule has 3 amide bonds. The zero-order valence-corrected chi connectivity index (χ0v) is 17.6. The molecule has 0 saturated carbocycles. The second kappa shape index (κ2) is 10.9. The molecule has 0 unspecified atom stereocenters. The van der Waals surface area contributed by atoms with E-state index in [4.69, 9.17) is 4.74 Å². The van der Waals surface area contributed by atoms with Crippen molar-refractivity contribution in [3.63, 3.8) is 0 Å². The molecule has 1 heterocycles. The second-order valence-electron chi connectivity index (χ2n) is 7.25. The maximum absolute atomic E-state index is 12.3. The zero-order chi connectivity index (χ0) is 20.5. The number of piperazine rings is 1. The maximum Gasteiger partial charge on any atom is 0.409 e. The number of thioether (sulfide) groups is 1. The number of carbonyl (C=O) groups excluding carboxylic acids is 3. The van der Waals surface area contributed by atoms with E-state index in [1.54, 1.807) is 9.80 Å². The first kappa shape index (κ1) is 22.1. The van der Waals surface area contributed by atoms with Gasteiger partial charge in [0.15, 0.2) is 0 Å². The van der Waals surface area contributed by atoms with Gasteiger partial charge in [-0.05, 0) is 25.0 Å². The maximum atomic E-state index is 12.3. The molecule has 7 nitrogen and oxygen atoms in total. The van der Waals surface area contributed by atoms with E-state index in [2.05, 4.69) is 5.32 Å². The average molecular weight is 408 g/mol. The third-order valence-corrected chi connectivity index (χ3v) is 5.14.